The van der Waals surface area contributed by atoms with Crippen molar-refractivity contribution in [3.05, 3.63) is 345 Å². The van der Waals surface area contributed by atoms with Crippen LogP contribution in [0.25, 0.3) is 186 Å². The summed E-state index contributed by atoms with van der Waals surface area (Å²) in [5.41, 5.74) is 18.8. The van der Waals surface area contributed by atoms with Crippen LogP contribution in [0.3, 0.4) is 0 Å². The summed E-state index contributed by atoms with van der Waals surface area (Å²) < 4.78 is 9.19. The third kappa shape index (κ3) is 9.74. The van der Waals surface area contributed by atoms with E-state index >= 15 is 0 Å². The van der Waals surface area contributed by atoms with Crippen LogP contribution < -0.4 is 5.46 Å². The number of fused-ring (bicyclic) bond motifs is 24. The lowest BCUT2D eigenvalue weighted by Gasteiger charge is -2.16. The summed E-state index contributed by atoms with van der Waals surface area (Å²) in [4.78, 5) is 19.5. The van der Waals surface area contributed by atoms with Gasteiger partial charge in [-0.05, 0) is 112 Å². The molecule has 10 nitrogen and oxygen atoms in total. The van der Waals surface area contributed by atoms with Gasteiger partial charge in [-0.15, -0.1) is 0 Å². The Morgan fingerprint density at radius 2 is 0.471 bits per heavy atom. The number of hydrogen-bond acceptors (Lipinski definition) is 6. The molecule has 22 rings (SSSR count). The second kappa shape index (κ2) is 24.5. The van der Waals surface area contributed by atoms with Crippen LogP contribution in [0.5, 0.6) is 0 Å². The molecule has 2 N–H and O–H groups in total. The van der Waals surface area contributed by atoms with Gasteiger partial charge in [0, 0.05) is 92.9 Å². The lowest BCUT2D eigenvalue weighted by atomic mass is 9.80. The predicted molar refractivity (Wildman–Crippen MR) is 433 cm³/mol. The number of para-hydroxylation sites is 8. The zero-order valence-electron chi connectivity index (χ0n) is 55.8. The number of halogens is 1. The summed E-state index contributed by atoms with van der Waals surface area (Å²) in [6.45, 7) is 0. The van der Waals surface area contributed by atoms with Crippen molar-refractivity contribution in [3.63, 3.8) is 0 Å². The van der Waals surface area contributed by atoms with Crippen LogP contribution >= 0.6 is 11.6 Å². The zero-order valence-corrected chi connectivity index (χ0v) is 56.5. The van der Waals surface area contributed by atoms with Crippen LogP contribution in [0.2, 0.25) is 5.15 Å². The SMILES string of the molecule is Clc1cnc2c3ccccc3c3ccccc3c2n1.OB(O)c1cc(-n2c3ccccc3c3ccccc32)cc(-n2c3ccccc3c3ccccc32)c1.c1ccc2c(c1)c1ccccc1c1nc(-c3cc(-n4c5ccccc5c5ccccc54)cc(-n4c5ccccc5c5ccccc54)c3)cnc21. The van der Waals surface area contributed by atoms with E-state index in [0.717, 1.165) is 121 Å². The quantitative estimate of drug-likeness (QED) is 0.127. The normalized spacial score (nSPS) is 11.8. The standard InChI is InChI=1S/C46H28N4.C30H21BN2O2.C16H9ClN2/c1-3-19-38-32(13-1)33-14-2-4-20-39(33)46-45(38)47-28-40(48-46)29-25-30(49-41-21-9-5-15-34(41)35-16-6-10-22-42(35)49)27-31(26-29)50-43-23-11-7-17-36(43)37-18-8-12-24-44(37)50;34-31(35)20-17-21(32-27-13-5-1-9-23(27)24-10-2-6-14-28(24)32)19-22(18-20)33-29-15-7-3-11-25(29)26-12-4-8-16-30(26)33;17-14-9-18-15-12-7-3-1-5-10(12)11-6-2-4-8-13(11)16(15)19-14/h1-28H;1-19,34-35H;1-9H. The number of nitrogens with zero attached hydrogens (tertiary/aromatic N) is 8. The first kappa shape index (κ1) is 60.7. The Labute approximate surface area is 600 Å². The Bertz CT molecular complexity index is 6730. The fourth-order valence-corrected chi connectivity index (χ4v) is 16.3. The molecule has 104 heavy (non-hydrogen) atoms. The van der Waals surface area contributed by atoms with Crippen LogP contribution in [0.1, 0.15) is 0 Å². The van der Waals surface area contributed by atoms with Gasteiger partial charge in [0.1, 0.15) is 5.15 Å². The lowest BCUT2D eigenvalue weighted by molar-refractivity contribution is 0.425. The maximum atomic E-state index is 10.3. The molecule has 0 radical (unpaired) electrons. The molecular formula is C92H58BClN8O2. The highest BCUT2D eigenvalue weighted by Gasteiger charge is 2.23. The molecule has 0 aliphatic heterocycles. The Hall–Kier alpha value is -13.3. The van der Waals surface area contributed by atoms with Gasteiger partial charge in [-0.1, -0.05) is 254 Å². The van der Waals surface area contributed by atoms with E-state index in [1.165, 1.54) is 65.2 Å². The van der Waals surface area contributed by atoms with Crippen molar-refractivity contribution < 1.29 is 10.0 Å². The number of hydrogen-bond donors (Lipinski definition) is 2. The van der Waals surface area contributed by atoms with Gasteiger partial charge in [-0.2, -0.15) is 0 Å². The molecule has 0 saturated heterocycles. The minimum absolute atomic E-state index is 0.424. The van der Waals surface area contributed by atoms with Gasteiger partial charge >= 0.3 is 7.12 Å². The van der Waals surface area contributed by atoms with Crippen molar-refractivity contribution in [3.8, 4) is 34.0 Å². The second-order valence-electron chi connectivity index (χ2n) is 26.4. The molecule has 12 heteroatoms. The minimum atomic E-state index is -1.59. The van der Waals surface area contributed by atoms with Gasteiger partial charge in [0.25, 0.3) is 0 Å². The molecular weight excluding hydrogens is 1300 g/mol. The molecule has 0 aliphatic carbocycles. The summed E-state index contributed by atoms with van der Waals surface area (Å²) in [6, 6.07) is 114. The first-order chi connectivity index (χ1) is 51.4. The van der Waals surface area contributed by atoms with E-state index in [1.54, 1.807) is 6.20 Å². The molecule has 16 aromatic carbocycles. The molecule has 6 aromatic heterocycles. The average Bonchev–Trinajstić information content (AvgIpc) is 1.15. The van der Waals surface area contributed by atoms with Crippen molar-refractivity contribution in [1.82, 2.24) is 38.2 Å². The largest absolute Gasteiger partial charge is 0.488 e. The van der Waals surface area contributed by atoms with Crippen LogP contribution in [-0.2, 0) is 0 Å². The van der Waals surface area contributed by atoms with E-state index in [-0.39, 0.29) is 0 Å². The van der Waals surface area contributed by atoms with E-state index < -0.39 is 7.12 Å². The Morgan fingerprint density at radius 3 is 0.760 bits per heavy atom. The van der Waals surface area contributed by atoms with Gasteiger partial charge in [0.05, 0.1) is 84.3 Å². The van der Waals surface area contributed by atoms with Gasteiger partial charge in [0.15, 0.2) is 0 Å². The van der Waals surface area contributed by atoms with Crippen LogP contribution in [0.15, 0.2) is 340 Å². The lowest BCUT2D eigenvalue weighted by Crippen LogP contribution is -2.30. The van der Waals surface area contributed by atoms with Gasteiger partial charge in [-0.25, -0.2) is 9.97 Å². The highest BCUT2D eigenvalue weighted by atomic mass is 35.5. The van der Waals surface area contributed by atoms with E-state index in [2.05, 4.69) is 295 Å². The molecule has 0 spiro atoms. The van der Waals surface area contributed by atoms with Gasteiger partial charge < -0.3 is 28.3 Å². The van der Waals surface area contributed by atoms with Crippen LogP contribution in [-0.4, -0.2) is 55.4 Å². The minimum Gasteiger partial charge on any atom is -0.423 e. The van der Waals surface area contributed by atoms with Crippen molar-refractivity contribution in [2.24, 2.45) is 0 Å². The third-order valence-electron chi connectivity index (χ3n) is 20.6. The van der Waals surface area contributed by atoms with E-state index in [9.17, 15) is 10.0 Å². The van der Waals surface area contributed by atoms with Crippen molar-refractivity contribution >= 4 is 177 Å². The molecule has 0 amide bonds. The summed E-state index contributed by atoms with van der Waals surface area (Å²) in [6.07, 6.45) is 3.55. The molecule has 6 heterocycles. The van der Waals surface area contributed by atoms with Crippen molar-refractivity contribution in [1.29, 1.82) is 0 Å². The summed E-state index contributed by atoms with van der Waals surface area (Å²) in [5, 5.41) is 39.7. The Morgan fingerprint density at radius 1 is 0.240 bits per heavy atom. The molecule has 0 saturated carbocycles. The van der Waals surface area contributed by atoms with Crippen LogP contribution in [0.4, 0.5) is 0 Å². The molecule has 488 valence electrons. The highest BCUT2D eigenvalue weighted by molar-refractivity contribution is 6.58. The molecule has 0 bridgehead atoms. The molecule has 0 atom stereocenters. The summed E-state index contributed by atoms with van der Waals surface area (Å²) in [5.74, 6) is 0. The third-order valence-corrected chi connectivity index (χ3v) is 20.8. The summed E-state index contributed by atoms with van der Waals surface area (Å²) in [7, 11) is -1.59. The topological polar surface area (TPSA) is 112 Å². The Balaban J connectivity index is 0.000000115. The van der Waals surface area contributed by atoms with E-state index in [0.29, 0.717) is 10.6 Å². The number of benzene rings is 16. The predicted octanol–water partition coefficient (Wildman–Crippen LogP) is 21.9. The van der Waals surface area contributed by atoms with Crippen LogP contribution in [0, 0.1) is 0 Å². The first-order valence-corrected chi connectivity index (χ1v) is 35.1. The number of rotatable bonds is 6. The highest BCUT2D eigenvalue weighted by Crippen LogP contribution is 2.42. The fraction of sp³-hybridized carbons (Fsp3) is 0. The average molecular weight is 1350 g/mol. The zero-order chi connectivity index (χ0) is 69.1. The molecule has 0 fully saturated rings. The smallest absolute Gasteiger partial charge is 0.423 e. The molecule has 0 aliphatic rings. The second-order valence-corrected chi connectivity index (χ2v) is 26.8. The maximum absolute atomic E-state index is 10.3. The van der Waals surface area contributed by atoms with Gasteiger partial charge in [0.2, 0.25) is 0 Å². The summed E-state index contributed by atoms with van der Waals surface area (Å²) >= 11 is 6.00. The number of aromatic nitrogens is 8. The molecule has 0 unspecified atom stereocenters. The van der Waals surface area contributed by atoms with E-state index in [4.69, 9.17) is 21.6 Å². The fourth-order valence-electron chi connectivity index (χ4n) is 16.2. The monoisotopic (exact) mass is 1350 g/mol. The maximum Gasteiger partial charge on any atom is 0.488 e. The Kier molecular flexibility index (Phi) is 14.3. The van der Waals surface area contributed by atoms with Crippen molar-refractivity contribution in [2.75, 3.05) is 0 Å². The van der Waals surface area contributed by atoms with Gasteiger partial charge in [-0.3, -0.25) is 9.97 Å². The first-order valence-electron chi connectivity index (χ1n) is 34.8. The van der Waals surface area contributed by atoms with Crippen molar-refractivity contribution in [2.45, 2.75) is 0 Å². The van der Waals surface area contributed by atoms with E-state index in [1.807, 2.05) is 66.9 Å². The molecule has 22 aromatic rings.